The van der Waals surface area contributed by atoms with Crippen LogP contribution in [-0.4, -0.2) is 0 Å². The van der Waals surface area contributed by atoms with E-state index in [9.17, 15) is 0 Å². The lowest BCUT2D eigenvalue weighted by atomic mass is 9.43. The molecular weight excluding hydrogens is 312 g/mol. The first-order valence-corrected chi connectivity index (χ1v) is 12.4. The Morgan fingerprint density at radius 3 is 2.31 bits per heavy atom. The normalized spacial score (nSPS) is 51.0. The summed E-state index contributed by atoms with van der Waals surface area (Å²) in [5.41, 5.74) is 1.37. The van der Waals surface area contributed by atoms with E-state index in [1.807, 2.05) is 0 Å². The molecule has 0 aromatic carbocycles. The molecule has 0 spiro atoms. The molecule has 0 radical (unpaired) electrons. The molecule has 0 amide bonds. The fourth-order valence-corrected chi connectivity index (χ4v) is 9.36. The molecule has 26 heavy (non-hydrogen) atoms. The van der Waals surface area contributed by atoms with E-state index in [4.69, 9.17) is 0 Å². The highest BCUT2D eigenvalue weighted by molar-refractivity contribution is 5.09. The fourth-order valence-electron chi connectivity index (χ4n) is 9.36. The molecule has 4 aliphatic rings. The third-order valence-electron chi connectivity index (χ3n) is 10.6. The van der Waals surface area contributed by atoms with Crippen molar-refractivity contribution in [2.75, 3.05) is 0 Å². The van der Waals surface area contributed by atoms with Crippen LogP contribution in [0.15, 0.2) is 0 Å². The predicted octanol–water partition coefficient (Wildman–Crippen LogP) is 8.11. The third kappa shape index (κ3) is 2.91. The van der Waals surface area contributed by atoms with E-state index in [2.05, 4.69) is 34.6 Å². The molecule has 0 aromatic heterocycles. The zero-order valence-electron chi connectivity index (χ0n) is 18.5. The van der Waals surface area contributed by atoms with Crippen LogP contribution in [0.3, 0.4) is 0 Å². The molecule has 4 aliphatic carbocycles. The summed E-state index contributed by atoms with van der Waals surface area (Å²) in [5, 5.41) is 0. The smallest absolute Gasteiger partial charge is 0.0264 e. The van der Waals surface area contributed by atoms with E-state index < -0.39 is 0 Å². The van der Waals surface area contributed by atoms with Crippen LogP contribution in [0.5, 0.6) is 0 Å². The van der Waals surface area contributed by atoms with Gasteiger partial charge in [0.25, 0.3) is 0 Å². The van der Waals surface area contributed by atoms with Gasteiger partial charge in [-0.25, -0.2) is 0 Å². The zero-order chi connectivity index (χ0) is 18.5. The highest BCUT2D eigenvalue weighted by Crippen LogP contribution is 2.68. The van der Waals surface area contributed by atoms with Crippen molar-refractivity contribution >= 4 is 0 Å². The van der Waals surface area contributed by atoms with Gasteiger partial charge in [-0.2, -0.15) is 0 Å². The minimum atomic E-state index is 0.675. The maximum absolute atomic E-state index is 2.77. The molecule has 150 valence electrons. The average molecular weight is 359 g/mol. The largest absolute Gasteiger partial charge is 0.0654 e. The van der Waals surface area contributed by atoms with E-state index >= 15 is 0 Å². The van der Waals surface area contributed by atoms with Crippen molar-refractivity contribution in [2.45, 2.75) is 112 Å². The molecular formula is C26H46. The van der Waals surface area contributed by atoms with E-state index in [1.165, 1.54) is 25.7 Å². The standard InChI is InChI=1S/C26H46/c1-6-7-8-19-9-10-20-11-12-21-23-14-13-22(18(2)3)25(23,4)16-15-24(21)26(20,5)17-19/h18-24H,6-17H2,1-5H3/t19?,20-,21+,22-,23+,24+,25-,26+/m1/s1. The van der Waals surface area contributed by atoms with Gasteiger partial charge in [0, 0.05) is 0 Å². The Labute approximate surface area is 164 Å². The Balaban J connectivity index is 1.54. The Morgan fingerprint density at radius 2 is 1.58 bits per heavy atom. The Hall–Kier alpha value is 0. The van der Waals surface area contributed by atoms with Gasteiger partial charge >= 0.3 is 0 Å². The van der Waals surface area contributed by atoms with E-state index in [-0.39, 0.29) is 0 Å². The van der Waals surface area contributed by atoms with Crippen molar-refractivity contribution in [3.05, 3.63) is 0 Å². The average Bonchev–Trinajstić information content (AvgIpc) is 2.96. The van der Waals surface area contributed by atoms with Gasteiger partial charge < -0.3 is 0 Å². The highest BCUT2D eigenvalue weighted by Gasteiger charge is 2.60. The second kappa shape index (κ2) is 7.11. The van der Waals surface area contributed by atoms with Gasteiger partial charge in [-0.1, -0.05) is 60.3 Å². The zero-order valence-corrected chi connectivity index (χ0v) is 18.5. The summed E-state index contributed by atoms with van der Waals surface area (Å²) in [7, 11) is 0. The van der Waals surface area contributed by atoms with Gasteiger partial charge in [0.15, 0.2) is 0 Å². The lowest BCUT2D eigenvalue weighted by molar-refractivity contribution is -0.123. The second-order valence-electron chi connectivity index (χ2n) is 11.9. The molecule has 0 heteroatoms. The van der Waals surface area contributed by atoms with Crippen molar-refractivity contribution < 1.29 is 0 Å². The Morgan fingerprint density at radius 1 is 0.846 bits per heavy atom. The van der Waals surface area contributed by atoms with Gasteiger partial charge in [-0.05, 0) is 104 Å². The van der Waals surface area contributed by atoms with E-state index in [0.717, 1.165) is 41.4 Å². The number of rotatable bonds is 4. The monoisotopic (exact) mass is 358 g/mol. The van der Waals surface area contributed by atoms with Gasteiger partial charge in [0.05, 0.1) is 0 Å². The van der Waals surface area contributed by atoms with E-state index in [0.29, 0.717) is 10.8 Å². The molecule has 4 rings (SSSR count). The van der Waals surface area contributed by atoms with Crippen LogP contribution >= 0.6 is 0 Å². The molecule has 0 aliphatic heterocycles. The van der Waals surface area contributed by atoms with Crippen LogP contribution in [0, 0.1) is 52.3 Å². The fraction of sp³-hybridized carbons (Fsp3) is 1.00. The lowest BCUT2D eigenvalue weighted by Crippen LogP contribution is -2.53. The maximum Gasteiger partial charge on any atom is -0.0264 e. The summed E-state index contributed by atoms with van der Waals surface area (Å²) in [6.07, 6.45) is 18.4. The van der Waals surface area contributed by atoms with Crippen molar-refractivity contribution in [3.8, 4) is 0 Å². The Bertz CT molecular complexity index is 492. The van der Waals surface area contributed by atoms with Crippen LogP contribution in [0.25, 0.3) is 0 Å². The van der Waals surface area contributed by atoms with Crippen LogP contribution < -0.4 is 0 Å². The van der Waals surface area contributed by atoms with Crippen LogP contribution in [-0.2, 0) is 0 Å². The quantitative estimate of drug-likeness (QED) is 0.476. The third-order valence-corrected chi connectivity index (χ3v) is 10.6. The summed E-state index contributed by atoms with van der Waals surface area (Å²) in [5.74, 6) is 7.20. The van der Waals surface area contributed by atoms with Gasteiger partial charge in [-0.15, -0.1) is 0 Å². The molecule has 0 N–H and O–H groups in total. The van der Waals surface area contributed by atoms with Crippen LogP contribution in [0.2, 0.25) is 0 Å². The molecule has 1 unspecified atom stereocenters. The number of hydrogen-bond acceptors (Lipinski definition) is 0. The molecule has 0 heterocycles. The summed E-state index contributed by atoms with van der Waals surface area (Å²) >= 11 is 0. The summed E-state index contributed by atoms with van der Waals surface area (Å²) in [6.45, 7) is 12.9. The highest BCUT2D eigenvalue weighted by atomic mass is 14.6. The molecule has 0 aromatic rings. The minimum Gasteiger partial charge on any atom is -0.0654 e. The van der Waals surface area contributed by atoms with Crippen molar-refractivity contribution in [1.29, 1.82) is 0 Å². The van der Waals surface area contributed by atoms with Gasteiger partial charge in [0.1, 0.15) is 0 Å². The summed E-state index contributed by atoms with van der Waals surface area (Å²) < 4.78 is 0. The summed E-state index contributed by atoms with van der Waals surface area (Å²) in [6, 6.07) is 0. The molecule has 0 nitrogen and oxygen atoms in total. The van der Waals surface area contributed by atoms with Crippen molar-refractivity contribution in [3.63, 3.8) is 0 Å². The molecule has 0 saturated heterocycles. The first-order chi connectivity index (χ1) is 12.4. The molecule has 8 atom stereocenters. The maximum atomic E-state index is 2.77. The van der Waals surface area contributed by atoms with Crippen molar-refractivity contribution in [2.24, 2.45) is 52.3 Å². The molecule has 4 saturated carbocycles. The summed E-state index contributed by atoms with van der Waals surface area (Å²) in [4.78, 5) is 0. The number of unbranched alkanes of at least 4 members (excludes halogenated alkanes) is 1. The SMILES string of the molecule is CCCCC1CC[C@@H]2CC[C@@H]3[C@H](CC[C@]4(C)[C@@H](C(C)C)CC[C@@H]34)[C@@]2(C)C1. The van der Waals surface area contributed by atoms with E-state index in [1.54, 1.807) is 51.4 Å². The van der Waals surface area contributed by atoms with Gasteiger partial charge in [0.2, 0.25) is 0 Å². The van der Waals surface area contributed by atoms with Gasteiger partial charge in [-0.3, -0.25) is 0 Å². The van der Waals surface area contributed by atoms with Crippen molar-refractivity contribution in [1.82, 2.24) is 0 Å². The lowest BCUT2D eigenvalue weighted by Gasteiger charge is -2.61. The first kappa shape index (κ1) is 19.3. The minimum absolute atomic E-state index is 0.675. The number of fused-ring (bicyclic) bond motifs is 5. The Kier molecular flexibility index (Phi) is 5.28. The van der Waals surface area contributed by atoms with Crippen LogP contribution in [0.1, 0.15) is 112 Å². The molecule has 0 bridgehead atoms. The topological polar surface area (TPSA) is 0 Å². The van der Waals surface area contributed by atoms with Crippen LogP contribution in [0.4, 0.5) is 0 Å². The number of hydrogen-bond donors (Lipinski definition) is 0. The first-order valence-electron chi connectivity index (χ1n) is 12.4. The predicted molar refractivity (Wildman–Crippen MR) is 113 cm³/mol. The molecule has 4 fully saturated rings. The second-order valence-corrected chi connectivity index (χ2v) is 11.9.